The van der Waals surface area contributed by atoms with Crippen LogP contribution in [0.5, 0.6) is 0 Å². The Morgan fingerprint density at radius 3 is 2.55 bits per heavy atom. The summed E-state index contributed by atoms with van der Waals surface area (Å²) < 4.78 is 28.3. The molecule has 3 aromatic rings. The van der Waals surface area contributed by atoms with Crippen LogP contribution in [0.2, 0.25) is 0 Å². The third-order valence-electron chi connectivity index (χ3n) is 5.91. The van der Waals surface area contributed by atoms with E-state index in [1.807, 2.05) is 25.1 Å². The van der Waals surface area contributed by atoms with Crippen molar-refractivity contribution in [3.8, 4) is 6.07 Å². The average Bonchev–Trinajstić information content (AvgIpc) is 3.14. The first-order chi connectivity index (χ1) is 14.6. The van der Waals surface area contributed by atoms with Gasteiger partial charge in [0.05, 0.1) is 17.0 Å². The zero-order chi connectivity index (χ0) is 22.6. The molecule has 5 nitrogen and oxygen atoms in total. The van der Waals surface area contributed by atoms with Gasteiger partial charge in [0.15, 0.2) is 5.96 Å². The van der Waals surface area contributed by atoms with E-state index in [1.165, 1.54) is 35.4 Å². The smallest absolute Gasteiger partial charge is 0.270 e. The van der Waals surface area contributed by atoms with E-state index in [4.69, 9.17) is 5.41 Å². The summed E-state index contributed by atoms with van der Waals surface area (Å²) in [5.74, 6) is -4.10. The molecule has 0 saturated carbocycles. The molecule has 0 aliphatic carbocycles. The van der Waals surface area contributed by atoms with Crippen molar-refractivity contribution in [1.82, 2.24) is 10.2 Å². The Hall–Kier alpha value is -3.31. The minimum atomic E-state index is -2.98. The number of fused-ring (bicyclic) bond motifs is 1. The van der Waals surface area contributed by atoms with Gasteiger partial charge < -0.3 is 5.32 Å². The number of nitriles is 1. The van der Waals surface area contributed by atoms with E-state index in [0.717, 1.165) is 22.6 Å². The summed E-state index contributed by atoms with van der Waals surface area (Å²) in [4.78, 5) is 14.5. The van der Waals surface area contributed by atoms with Gasteiger partial charge in [0.25, 0.3) is 5.92 Å². The third-order valence-corrected chi connectivity index (χ3v) is 6.88. The normalized spacial score (nSPS) is 21.8. The van der Waals surface area contributed by atoms with Crippen LogP contribution >= 0.6 is 11.3 Å². The summed E-state index contributed by atoms with van der Waals surface area (Å²) in [7, 11) is 1.51. The Morgan fingerprint density at radius 2 is 1.94 bits per heavy atom. The Morgan fingerprint density at radius 1 is 1.26 bits per heavy atom. The fourth-order valence-electron chi connectivity index (χ4n) is 4.07. The molecule has 4 rings (SSSR count). The first kappa shape index (κ1) is 20.9. The van der Waals surface area contributed by atoms with Gasteiger partial charge in [0.2, 0.25) is 5.91 Å². The molecule has 0 unspecified atom stereocenters. The van der Waals surface area contributed by atoms with E-state index in [-0.39, 0.29) is 17.4 Å². The molecule has 1 fully saturated rings. The van der Waals surface area contributed by atoms with Crippen LogP contribution in [0.15, 0.2) is 47.8 Å². The van der Waals surface area contributed by atoms with E-state index in [0.29, 0.717) is 11.1 Å². The Labute approximate surface area is 182 Å². The van der Waals surface area contributed by atoms with Crippen molar-refractivity contribution in [3.05, 3.63) is 70.1 Å². The minimum Gasteiger partial charge on any atom is -0.346 e. The number of carbonyl (C=O) groups is 1. The van der Waals surface area contributed by atoms with Gasteiger partial charge in [-0.2, -0.15) is 5.26 Å². The number of thiophene rings is 1. The highest BCUT2D eigenvalue weighted by Gasteiger charge is 2.48. The number of benzene rings is 2. The van der Waals surface area contributed by atoms with Gasteiger partial charge in [-0.1, -0.05) is 30.3 Å². The van der Waals surface area contributed by atoms with Crippen LogP contribution in [0.1, 0.15) is 42.0 Å². The van der Waals surface area contributed by atoms with E-state index >= 15 is 0 Å². The number of nitrogens with zero attached hydrogens (tertiary/aromatic N) is 2. The number of halogens is 2. The fourth-order valence-corrected chi connectivity index (χ4v) is 4.94. The van der Waals surface area contributed by atoms with Crippen LogP contribution in [-0.4, -0.2) is 23.8 Å². The maximum atomic E-state index is 13.7. The predicted molar refractivity (Wildman–Crippen MR) is 116 cm³/mol. The van der Waals surface area contributed by atoms with Gasteiger partial charge in [-0.25, -0.2) is 8.78 Å². The molecule has 1 aromatic heterocycles. The molecular formula is C23H20F2N4OS. The standard InChI is InChI=1S/C23H20F2N4OS/c1-22(16-8-9-18-17(10-16)14(11-26)12-31-18)19(20(30)29(3)21(27)28-22)13-4-6-15(7-5-13)23(2,24)25/h4-10,12,19H,1-3H3,(H2,27,28)/t19-,22+/m0/s1. The quantitative estimate of drug-likeness (QED) is 0.612. The number of hydrogen-bond acceptors (Lipinski definition) is 4. The number of carbonyl (C=O) groups excluding carboxylic acids is 1. The zero-order valence-corrected chi connectivity index (χ0v) is 18.0. The van der Waals surface area contributed by atoms with Gasteiger partial charge in [0.1, 0.15) is 6.07 Å². The lowest BCUT2D eigenvalue weighted by molar-refractivity contribution is -0.131. The second kappa shape index (κ2) is 7.13. The molecule has 1 saturated heterocycles. The molecule has 158 valence electrons. The topological polar surface area (TPSA) is 80.0 Å². The Bertz CT molecular complexity index is 1240. The fraction of sp³-hybridized carbons (Fsp3) is 0.261. The van der Waals surface area contributed by atoms with Crippen molar-refractivity contribution in [2.75, 3.05) is 7.05 Å². The second-order valence-corrected chi connectivity index (χ2v) is 8.90. The van der Waals surface area contributed by atoms with Crippen molar-refractivity contribution in [2.24, 2.45) is 0 Å². The molecule has 0 radical (unpaired) electrons. The number of hydrogen-bond donors (Lipinski definition) is 2. The second-order valence-electron chi connectivity index (χ2n) is 7.99. The SMILES string of the molecule is CN1C(=N)N[C@](C)(c2ccc3scc(C#N)c3c2)[C@@H](c2ccc(C(C)(F)F)cc2)C1=O. The molecule has 2 atom stereocenters. The molecule has 2 N–H and O–H groups in total. The molecule has 0 bridgehead atoms. The monoisotopic (exact) mass is 438 g/mol. The molecular weight excluding hydrogens is 418 g/mol. The highest BCUT2D eigenvalue weighted by molar-refractivity contribution is 7.17. The van der Waals surface area contributed by atoms with Crippen molar-refractivity contribution >= 4 is 33.3 Å². The van der Waals surface area contributed by atoms with Gasteiger partial charge in [-0.05, 0) is 30.2 Å². The van der Waals surface area contributed by atoms with Gasteiger partial charge in [-0.15, -0.1) is 11.3 Å². The van der Waals surface area contributed by atoms with Gasteiger partial charge in [0, 0.05) is 35.0 Å². The minimum absolute atomic E-state index is 0.0496. The lowest BCUT2D eigenvalue weighted by atomic mass is 9.73. The van der Waals surface area contributed by atoms with Crippen LogP contribution in [0.3, 0.4) is 0 Å². The molecule has 2 heterocycles. The molecule has 31 heavy (non-hydrogen) atoms. The number of guanidine groups is 1. The highest BCUT2D eigenvalue weighted by atomic mass is 32.1. The highest BCUT2D eigenvalue weighted by Crippen LogP contribution is 2.43. The summed E-state index contributed by atoms with van der Waals surface area (Å²) in [5.41, 5.74) is 0.702. The summed E-state index contributed by atoms with van der Waals surface area (Å²) in [6.45, 7) is 2.65. The maximum Gasteiger partial charge on any atom is 0.270 e. The van der Waals surface area contributed by atoms with Crippen molar-refractivity contribution in [2.45, 2.75) is 31.2 Å². The molecule has 0 spiro atoms. The lowest BCUT2D eigenvalue weighted by Gasteiger charge is -2.46. The lowest BCUT2D eigenvalue weighted by Crippen LogP contribution is -2.62. The predicted octanol–water partition coefficient (Wildman–Crippen LogP) is 4.88. The van der Waals surface area contributed by atoms with E-state index in [1.54, 1.807) is 17.5 Å². The Kier molecular flexibility index (Phi) is 4.82. The number of likely N-dealkylation sites (N-methyl/N-ethyl adjacent to an activating group) is 1. The van der Waals surface area contributed by atoms with Gasteiger partial charge in [-0.3, -0.25) is 15.1 Å². The number of nitrogens with one attached hydrogen (secondary N) is 2. The van der Waals surface area contributed by atoms with E-state index in [9.17, 15) is 18.8 Å². The van der Waals surface area contributed by atoms with Crippen LogP contribution < -0.4 is 5.32 Å². The molecule has 8 heteroatoms. The van der Waals surface area contributed by atoms with Crippen LogP contribution in [0.25, 0.3) is 10.1 Å². The van der Waals surface area contributed by atoms with Crippen LogP contribution in [0.4, 0.5) is 8.78 Å². The van der Waals surface area contributed by atoms with Crippen molar-refractivity contribution < 1.29 is 13.6 Å². The van der Waals surface area contributed by atoms with Gasteiger partial charge >= 0.3 is 0 Å². The molecule has 1 aliphatic rings. The summed E-state index contributed by atoms with van der Waals surface area (Å²) in [6, 6.07) is 13.6. The summed E-state index contributed by atoms with van der Waals surface area (Å²) >= 11 is 1.46. The zero-order valence-electron chi connectivity index (χ0n) is 17.2. The average molecular weight is 439 g/mol. The molecule has 1 aliphatic heterocycles. The van der Waals surface area contributed by atoms with E-state index in [2.05, 4.69) is 11.4 Å². The number of amides is 1. The number of rotatable bonds is 3. The largest absolute Gasteiger partial charge is 0.346 e. The van der Waals surface area contributed by atoms with Crippen molar-refractivity contribution in [1.29, 1.82) is 10.7 Å². The number of alkyl halides is 2. The Balaban J connectivity index is 1.88. The molecule has 1 amide bonds. The summed E-state index contributed by atoms with van der Waals surface area (Å²) in [5, 5.41) is 23.4. The van der Waals surface area contributed by atoms with E-state index < -0.39 is 17.4 Å². The maximum absolute atomic E-state index is 13.7. The first-order valence-corrected chi connectivity index (χ1v) is 10.5. The first-order valence-electron chi connectivity index (χ1n) is 9.60. The molecule has 2 aromatic carbocycles. The van der Waals surface area contributed by atoms with Crippen molar-refractivity contribution in [3.63, 3.8) is 0 Å². The van der Waals surface area contributed by atoms with Crippen LogP contribution in [0, 0.1) is 16.7 Å². The summed E-state index contributed by atoms with van der Waals surface area (Å²) in [6.07, 6.45) is 0. The van der Waals surface area contributed by atoms with Crippen LogP contribution in [-0.2, 0) is 16.3 Å². The third kappa shape index (κ3) is 3.35.